The molecule has 1 heterocycles. The third-order valence-electron chi connectivity index (χ3n) is 6.09. The minimum Gasteiger partial charge on any atom is -0.492 e. The van der Waals surface area contributed by atoms with Gasteiger partial charge in [0.15, 0.2) is 0 Å². The molecule has 3 rings (SSSR count). The highest BCUT2D eigenvalue weighted by Crippen LogP contribution is 2.47. The van der Waals surface area contributed by atoms with Crippen molar-refractivity contribution in [2.45, 2.75) is 52.4 Å². The van der Waals surface area contributed by atoms with E-state index in [0.29, 0.717) is 25.4 Å². The van der Waals surface area contributed by atoms with Crippen LogP contribution in [-0.2, 0) is 6.42 Å². The number of carbonyl (C=O) groups is 1. The minimum atomic E-state index is -0.343. The lowest BCUT2D eigenvalue weighted by molar-refractivity contribution is 0.244. The van der Waals surface area contributed by atoms with Gasteiger partial charge in [0, 0.05) is 30.3 Å². The number of amides is 2. The van der Waals surface area contributed by atoms with Gasteiger partial charge in [0.25, 0.3) is 0 Å². The van der Waals surface area contributed by atoms with Crippen molar-refractivity contribution in [1.82, 2.24) is 5.32 Å². The molecule has 0 saturated heterocycles. The molecule has 1 unspecified atom stereocenters. The summed E-state index contributed by atoms with van der Waals surface area (Å²) in [6, 6.07) is 8.36. The number of aliphatic hydroxyl groups is 2. The van der Waals surface area contributed by atoms with Crippen LogP contribution in [-0.4, -0.2) is 42.6 Å². The van der Waals surface area contributed by atoms with Crippen molar-refractivity contribution in [3.8, 4) is 5.75 Å². The number of carbonyl (C=O) groups excluding carboxylic acids is 1. The molecule has 0 aromatic heterocycles. The van der Waals surface area contributed by atoms with Gasteiger partial charge in [0.2, 0.25) is 0 Å². The summed E-state index contributed by atoms with van der Waals surface area (Å²) in [4.78, 5) is 12.3. The molecule has 0 fully saturated rings. The lowest BCUT2D eigenvalue weighted by Crippen LogP contribution is -2.31. The molecule has 0 spiro atoms. The van der Waals surface area contributed by atoms with Gasteiger partial charge in [-0.25, -0.2) is 4.79 Å². The Labute approximate surface area is 184 Å². The number of anilines is 1. The molecule has 2 aromatic rings. The Balaban J connectivity index is 2.05. The second-order valence-corrected chi connectivity index (χ2v) is 8.46. The van der Waals surface area contributed by atoms with Gasteiger partial charge in [0.1, 0.15) is 5.75 Å². The van der Waals surface area contributed by atoms with Crippen molar-refractivity contribution in [3.63, 3.8) is 0 Å². The number of hydrogen-bond donors (Lipinski definition) is 4. The van der Waals surface area contributed by atoms with Crippen molar-refractivity contribution in [2.75, 3.05) is 31.7 Å². The van der Waals surface area contributed by atoms with Crippen molar-refractivity contribution >= 4 is 11.7 Å². The summed E-state index contributed by atoms with van der Waals surface area (Å²) >= 11 is 0. The Morgan fingerprint density at radius 1 is 1.13 bits per heavy atom. The Morgan fingerprint density at radius 2 is 1.84 bits per heavy atom. The van der Waals surface area contributed by atoms with E-state index in [2.05, 4.69) is 48.7 Å². The van der Waals surface area contributed by atoms with Gasteiger partial charge >= 0.3 is 6.03 Å². The van der Waals surface area contributed by atoms with Crippen LogP contribution in [0.3, 0.4) is 0 Å². The molecule has 1 aliphatic rings. The second-order valence-electron chi connectivity index (χ2n) is 8.46. The number of ether oxygens (including phenoxy) is 1. The summed E-state index contributed by atoms with van der Waals surface area (Å²) < 4.78 is 6.21. The van der Waals surface area contributed by atoms with Crippen molar-refractivity contribution in [2.24, 2.45) is 0 Å². The molecule has 168 valence electrons. The average molecular weight is 427 g/mol. The molecular formula is C25H34N2O4. The molecule has 6 nitrogen and oxygen atoms in total. The van der Waals surface area contributed by atoms with E-state index < -0.39 is 0 Å². The average Bonchev–Trinajstić information content (AvgIpc) is 3.20. The van der Waals surface area contributed by atoms with Crippen molar-refractivity contribution < 1.29 is 19.7 Å². The number of aliphatic hydroxyl groups excluding tert-OH is 2. The number of urea groups is 1. The molecule has 0 aliphatic carbocycles. The third-order valence-corrected chi connectivity index (χ3v) is 6.09. The minimum absolute atomic E-state index is 0.0886. The Bertz CT molecular complexity index is 922. The summed E-state index contributed by atoms with van der Waals surface area (Å²) in [6.45, 7) is 9.11. The maximum absolute atomic E-state index is 12.3. The molecule has 0 bridgehead atoms. The first-order valence-corrected chi connectivity index (χ1v) is 11.0. The van der Waals surface area contributed by atoms with Crippen LogP contribution in [0.15, 0.2) is 24.3 Å². The van der Waals surface area contributed by atoms with Crippen LogP contribution in [0.5, 0.6) is 5.75 Å². The molecule has 0 saturated carbocycles. The molecule has 2 aromatic carbocycles. The van der Waals surface area contributed by atoms with Crippen LogP contribution in [0.2, 0.25) is 0 Å². The first kappa shape index (κ1) is 23.1. The fourth-order valence-corrected chi connectivity index (χ4v) is 4.35. The molecule has 31 heavy (non-hydrogen) atoms. The highest BCUT2D eigenvalue weighted by atomic mass is 16.5. The number of hydrogen-bond acceptors (Lipinski definition) is 4. The van der Waals surface area contributed by atoms with E-state index in [-0.39, 0.29) is 31.7 Å². The van der Waals surface area contributed by atoms with Crippen LogP contribution in [0, 0.1) is 13.8 Å². The SMILES string of the molecule is Cc1c(CCCO)c2c(c(C)c1NC(=O)NCCO)C(c1ccc(C(C)C)cc1)CO2. The summed E-state index contributed by atoms with van der Waals surface area (Å²) in [7, 11) is 0. The van der Waals surface area contributed by atoms with Gasteiger partial charge in [-0.15, -0.1) is 0 Å². The first-order valence-electron chi connectivity index (χ1n) is 11.0. The fourth-order valence-electron chi connectivity index (χ4n) is 4.35. The lowest BCUT2D eigenvalue weighted by Gasteiger charge is -2.22. The normalized spacial score (nSPS) is 15.0. The summed E-state index contributed by atoms with van der Waals surface area (Å²) in [5.74, 6) is 1.46. The topological polar surface area (TPSA) is 90.8 Å². The Kier molecular flexibility index (Phi) is 7.57. The smallest absolute Gasteiger partial charge is 0.319 e. The molecule has 0 radical (unpaired) electrons. The number of benzene rings is 2. The standard InChI is InChI=1S/C25H34N2O4/c1-15(2)18-7-9-19(10-8-18)21-14-31-24-20(6-5-12-28)16(3)23(17(4)22(21)24)27-25(30)26-11-13-29/h7-10,15,21,28-29H,5-6,11-14H2,1-4H3,(H2,26,27,30). The van der Waals surface area contributed by atoms with Gasteiger partial charge in [0.05, 0.1) is 13.2 Å². The predicted molar refractivity (Wildman–Crippen MR) is 123 cm³/mol. The number of fused-ring (bicyclic) bond motifs is 1. The van der Waals surface area contributed by atoms with E-state index in [1.54, 1.807) is 0 Å². The first-order chi connectivity index (χ1) is 14.9. The van der Waals surface area contributed by atoms with Gasteiger partial charge in [-0.05, 0) is 60.4 Å². The van der Waals surface area contributed by atoms with Gasteiger partial charge in [-0.2, -0.15) is 0 Å². The van der Waals surface area contributed by atoms with Crippen LogP contribution < -0.4 is 15.4 Å². The molecule has 2 amide bonds. The molecule has 4 N–H and O–H groups in total. The van der Waals surface area contributed by atoms with Crippen LogP contribution in [0.4, 0.5) is 10.5 Å². The third kappa shape index (κ3) is 4.86. The van der Waals surface area contributed by atoms with E-state index >= 15 is 0 Å². The van der Waals surface area contributed by atoms with Crippen LogP contribution in [0.1, 0.15) is 65.5 Å². The number of nitrogens with one attached hydrogen (secondary N) is 2. The van der Waals surface area contributed by atoms with E-state index in [0.717, 1.165) is 33.7 Å². The van der Waals surface area contributed by atoms with Crippen LogP contribution >= 0.6 is 0 Å². The van der Waals surface area contributed by atoms with Gasteiger partial charge < -0.3 is 25.6 Å². The summed E-state index contributed by atoms with van der Waals surface area (Å²) in [6.07, 6.45) is 1.31. The van der Waals surface area contributed by atoms with Gasteiger partial charge in [-0.3, -0.25) is 0 Å². The van der Waals surface area contributed by atoms with E-state index in [9.17, 15) is 9.90 Å². The zero-order chi connectivity index (χ0) is 22.5. The highest BCUT2D eigenvalue weighted by Gasteiger charge is 2.33. The summed E-state index contributed by atoms with van der Waals surface area (Å²) in [5.41, 5.74) is 7.36. The van der Waals surface area contributed by atoms with E-state index in [1.807, 2.05) is 13.8 Å². The second kappa shape index (κ2) is 10.2. The van der Waals surface area contributed by atoms with Crippen molar-refractivity contribution in [3.05, 3.63) is 57.6 Å². The molecular weight excluding hydrogens is 392 g/mol. The zero-order valence-corrected chi connectivity index (χ0v) is 18.9. The van der Waals surface area contributed by atoms with E-state index in [4.69, 9.17) is 9.84 Å². The maximum Gasteiger partial charge on any atom is 0.319 e. The molecule has 6 heteroatoms. The zero-order valence-electron chi connectivity index (χ0n) is 18.9. The van der Waals surface area contributed by atoms with E-state index in [1.165, 1.54) is 11.1 Å². The maximum atomic E-state index is 12.3. The van der Waals surface area contributed by atoms with Gasteiger partial charge in [-0.1, -0.05) is 38.1 Å². The largest absolute Gasteiger partial charge is 0.492 e. The fraction of sp³-hybridized carbons (Fsp3) is 0.480. The Morgan fingerprint density at radius 3 is 2.45 bits per heavy atom. The van der Waals surface area contributed by atoms with Crippen LogP contribution in [0.25, 0.3) is 0 Å². The lowest BCUT2D eigenvalue weighted by atomic mass is 9.84. The predicted octanol–water partition coefficient (Wildman–Crippen LogP) is 3.99. The quantitative estimate of drug-likeness (QED) is 0.514. The number of rotatable bonds is 8. The summed E-state index contributed by atoms with van der Waals surface area (Å²) in [5, 5.41) is 24.0. The monoisotopic (exact) mass is 426 g/mol. The highest BCUT2D eigenvalue weighted by molar-refractivity contribution is 5.92. The molecule has 1 aliphatic heterocycles. The Hall–Kier alpha value is -2.57. The molecule has 1 atom stereocenters. The van der Waals surface area contributed by atoms with Crippen molar-refractivity contribution in [1.29, 1.82) is 0 Å².